The highest BCUT2D eigenvalue weighted by Gasteiger charge is 2.13. The Bertz CT molecular complexity index is 978. The second kappa shape index (κ2) is 9.36. The molecule has 2 aromatic rings. The maximum atomic E-state index is 12.5. The van der Waals surface area contributed by atoms with Crippen LogP contribution in [0.4, 0.5) is 5.69 Å². The van der Waals surface area contributed by atoms with Gasteiger partial charge >= 0.3 is 0 Å². The molecule has 0 radical (unpaired) electrons. The van der Waals surface area contributed by atoms with Crippen LogP contribution in [-0.4, -0.2) is 12.5 Å². The summed E-state index contributed by atoms with van der Waals surface area (Å²) in [5, 5.41) is 20.8. The fourth-order valence-corrected chi connectivity index (χ4v) is 3.75. The summed E-state index contributed by atoms with van der Waals surface area (Å²) in [6, 6.07) is 12.9. The number of carbonyl (C=O) groups is 1. The Morgan fingerprint density at radius 3 is 2.48 bits per heavy atom. The number of amides is 1. The topological polar surface area (TPSA) is 85.9 Å². The van der Waals surface area contributed by atoms with E-state index in [1.54, 1.807) is 18.2 Å². The highest BCUT2D eigenvalue weighted by atomic mass is 79.9. The van der Waals surface area contributed by atoms with Gasteiger partial charge in [-0.25, -0.2) is 0 Å². The largest absolute Gasteiger partial charge is 0.476 e. The molecular formula is C20H15Br2N3O2. The summed E-state index contributed by atoms with van der Waals surface area (Å²) in [4.78, 5) is 12.5. The number of hydrogen-bond donors (Lipinski definition) is 1. The Morgan fingerprint density at radius 1 is 1.22 bits per heavy atom. The lowest BCUT2D eigenvalue weighted by Gasteiger charge is -2.10. The number of nitriles is 2. The fourth-order valence-electron chi connectivity index (χ4n) is 2.30. The van der Waals surface area contributed by atoms with Gasteiger partial charge in [0.1, 0.15) is 23.5 Å². The number of hydrogen-bond acceptors (Lipinski definition) is 4. The van der Waals surface area contributed by atoms with Gasteiger partial charge in [0.05, 0.1) is 8.95 Å². The summed E-state index contributed by atoms with van der Waals surface area (Å²) >= 11 is 6.74. The lowest BCUT2D eigenvalue weighted by molar-refractivity contribution is -0.112. The number of benzene rings is 2. The maximum absolute atomic E-state index is 12.5. The van der Waals surface area contributed by atoms with Crippen molar-refractivity contribution < 1.29 is 9.53 Å². The molecule has 0 saturated heterocycles. The summed E-state index contributed by atoms with van der Waals surface area (Å²) in [6.45, 7) is 3.78. The average molecular weight is 489 g/mol. The molecule has 27 heavy (non-hydrogen) atoms. The van der Waals surface area contributed by atoms with Crippen molar-refractivity contribution in [2.45, 2.75) is 13.8 Å². The molecule has 7 heteroatoms. The number of ether oxygens (including phenoxy) is 1. The number of nitrogens with one attached hydrogen (secondary N) is 1. The van der Waals surface area contributed by atoms with Crippen LogP contribution in [0.3, 0.4) is 0 Å². The summed E-state index contributed by atoms with van der Waals surface area (Å²) in [5.74, 6) is -0.00435. The van der Waals surface area contributed by atoms with Crippen LogP contribution >= 0.6 is 31.9 Å². The number of aryl methyl sites for hydroxylation is 1. The van der Waals surface area contributed by atoms with E-state index in [1.165, 1.54) is 6.08 Å². The third kappa shape index (κ3) is 5.19. The first-order valence-corrected chi connectivity index (χ1v) is 9.44. The van der Waals surface area contributed by atoms with E-state index in [0.717, 1.165) is 11.1 Å². The van der Waals surface area contributed by atoms with Crippen molar-refractivity contribution in [1.82, 2.24) is 0 Å². The van der Waals surface area contributed by atoms with Crippen LogP contribution in [-0.2, 0) is 4.79 Å². The van der Waals surface area contributed by atoms with Crippen LogP contribution in [0.15, 0.2) is 44.9 Å². The van der Waals surface area contributed by atoms with E-state index in [4.69, 9.17) is 10.00 Å². The first-order valence-electron chi connectivity index (χ1n) is 7.85. The Kier molecular flexibility index (Phi) is 7.18. The molecule has 0 aliphatic heterocycles. The van der Waals surface area contributed by atoms with Gasteiger partial charge < -0.3 is 10.1 Å². The molecule has 1 N–H and O–H groups in total. The van der Waals surface area contributed by atoms with Crippen molar-refractivity contribution >= 4 is 49.5 Å². The number of anilines is 1. The molecule has 0 fully saturated rings. The van der Waals surface area contributed by atoms with Crippen LogP contribution in [0.25, 0.3) is 6.08 Å². The standard InChI is InChI=1S/C20H15Br2N3O2/c1-12-4-3-5-18(13(12)2)25-20(26)15(11-24)8-14-9-16(21)19(17(22)10-14)27-7-6-23/h3-5,8-10H,7H2,1-2H3,(H,25,26)/b15-8+. The zero-order valence-electron chi connectivity index (χ0n) is 14.6. The Morgan fingerprint density at radius 2 is 1.89 bits per heavy atom. The fraction of sp³-hybridized carbons (Fsp3) is 0.150. The molecule has 0 aromatic heterocycles. The van der Waals surface area contributed by atoms with Crippen molar-refractivity contribution in [2.24, 2.45) is 0 Å². The van der Waals surface area contributed by atoms with Crippen molar-refractivity contribution in [3.8, 4) is 17.9 Å². The Labute approximate surface area is 174 Å². The molecule has 2 aromatic carbocycles. The molecule has 2 rings (SSSR count). The van der Waals surface area contributed by atoms with Crippen LogP contribution in [0.5, 0.6) is 5.75 Å². The quantitative estimate of drug-likeness (QED) is 0.458. The number of nitrogens with zero attached hydrogens (tertiary/aromatic N) is 2. The van der Waals surface area contributed by atoms with Crippen LogP contribution in [0.2, 0.25) is 0 Å². The minimum Gasteiger partial charge on any atom is -0.476 e. The molecule has 0 bridgehead atoms. The van der Waals surface area contributed by atoms with E-state index in [0.29, 0.717) is 25.9 Å². The number of rotatable bonds is 5. The molecule has 0 aliphatic carbocycles. The molecule has 0 spiro atoms. The lowest BCUT2D eigenvalue weighted by Crippen LogP contribution is -2.14. The molecule has 0 aliphatic rings. The zero-order chi connectivity index (χ0) is 20.0. The van der Waals surface area contributed by atoms with E-state index < -0.39 is 5.91 Å². The Hall–Kier alpha value is -2.61. The lowest BCUT2D eigenvalue weighted by atomic mass is 10.1. The maximum Gasteiger partial charge on any atom is 0.266 e. The number of carbonyl (C=O) groups excluding carboxylic acids is 1. The summed E-state index contributed by atoms with van der Waals surface area (Å²) < 4.78 is 6.54. The highest BCUT2D eigenvalue weighted by Crippen LogP contribution is 2.35. The van der Waals surface area contributed by atoms with Crippen molar-refractivity contribution in [2.75, 3.05) is 11.9 Å². The van der Waals surface area contributed by atoms with Gasteiger partial charge in [0.25, 0.3) is 5.91 Å². The van der Waals surface area contributed by atoms with Gasteiger partial charge in [-0.05, 0) is 86.7 Å². The third-order valence-corrected chi connectivity index (χ3v) is 5.01. The average Bonchev–Trinajstić information content (AvgIpc) is 2.62. The van der Waals surface area contributed by atoms with E-state index >= 15 is 0 Å². The summed E-state index contributed by atoms with van der Waals surface area (Å²) in [6.07, 6.45) is 1.49. The smallest absolute Gasteiger partial charge is 0.266 e. The van der Waals surface area contributed by atoms with Gasteiger partial charge in [-0.1, -0.05) is 12.1 Å². The van der Waals surface area contributed by atoms with Gasteiger partial charge in [0, 0.05) is 5.69 Å². The van der Waals surface area contributed by atoms with Crippen LogP contribution < -0.4 is 10.1 Å². The second-order valence-electron chi connectivity index (χ2n) is 5.63. The highest BCUT2D eigenvalue weighted by molar-refractivity contribution is 9.11. The van der Waals surface area contributed by atoms with Gasteiger partial charge in [0.15, 0.2) is 6.61 Å². The van der Waals surface area contributed by atoms with E-state index in [-0.39, 0.29) is 12.2 Å². The first kappa shape index (κ1) is 20.7. The van der Waals surface area contributed by atoms with Crippen molar-refractivity contribution in [3.05, 3.63) is 61.5 Å². The summed E-state index contributed by atoms with van der Waals surface area (Å²) in [5.41, 5.74) is 3.28. The van der Waals surface area contributed by atoms with Gasteiger partial charge in [0.2, 0.25) is 0 Å². The first-order chi connectivity index (χ1) is 12.9. The molecular weight excluding hydrogens is 474 g/mol. The molecule has 0 atom stereocenters. The minimum atomic E-state index is -0.483. The molecule has 0 saturated carbocycles. The SMILES string of the molecule is Cc1cccc(NC(=O)/C(C#N)=C/c2cc(Br)c(OCC#N)c(Br)c2)c1C. The monoisotopic (exact) mass is 487 g/mol. The molecule has 1 amide bonds. The predicted molar refractivity (Wildman–Crippen MR) is 111 cm³/mol. The zero-order valence-corrected chi connectivity index (χ0v) is 17.8. The molecule has 0 unspecified atom stereocenters. The van der Waals surface area contributed by atoms with Gasteiger partial charge in [-0.15, -0.1) is 0 Å². The molecule has 0 heterocycles. The molecule has 136 valence electrons. The van der Waals surface area contributed by atoms with Crippen molar-refractivity contribution in [3.63, 3.8) is 0 Å². The van der Waals surface area contributed by atoms with Gasteiger partial charge in [-0.3, -0.25) is 4.79 Å². The van der Waals surface area contributed by atoms with E-state index in [1.807, 2.05) is 38.1 Å². The minimum absolute atomic E-state index is 0.0274. The summed E-state index contributed by atoms with van der Waals surface area (Å²) in [7, 11) is 0. The normalized spacial score (nSPS) is 10.7. The van der Waals surface area contributed by atoms with Gasteiger partial charge in [-0.2, -0.15) is 10.5 Å². The van der Waals surface area contributed by atoms with E-state index in [2.05, 4.69) is 37.2 Å². The third-order valence-electron chi connectivity index (χ3n) is 3.83. The van der Waals surface area contributed by atoms with Crippen molar-refractivity contribution in [1.29, 1.82) is 10.5 Å². The molecule has 5 nitrogen and oxygen atoms in total. The van der Waals surface area contributed by atoms with Crippen LogP contribution in [0.1, 0.15) is 16.7 Å². The van der Waals surface area contributed by atoms with E-state index in [9.17, 15) is 10.1 Å². The second-order valence-corrected chi connectivity index (χ2v) is 7.34. The number of halogens is 2. The van der Waals surface area contributed by atoms with Crippen LogP contribution in [0, 0.1) is 36.5 Å². The predicted octanol–water partition coefficient (Wildman–Crippen LogP) is 5.28. The Balaban J connectivity index is 2.30.